The number of nitrogens with zero attached hydrogens (tertiary/aromatic N) is 2. The van der Waals surface area contributed by atoms with Gasteiger partial charge in [-0.15, -0.1) is 0 Å². The second kappa shape index (κ2) is 8.57. The van der Waals surface area contributed by atoms with Gasteiger partial charge in [0.25, 0.3) is 0 Å². The molecule has 0 bridgehead atoms. The third kappa shape index (κ3) is 5.82. The Kier molecular flexibility index (Phi) is 6.17. The van der Waals surface area contributed by atoms with E-state index in [1.807, 2.05) is 25.1 Å². The molecule has 0 fully saturated rings. The molecule has 23 heavy (non-hydrogen) atoms. The van der Waals surface area contributed by atoms with E-state index < -0.39 is 0 Å². The third-order valence-corrected chi connectivity index (χ3v) is 3.06. The summed E-state index contributed by atoms with van der Waals surface area (Å²) < 4.78 is 5.23. The fourth-order valence-electron chi connectivity index (χ4n) is 1.85. The average molecular weight is 315 g/mol. The molecule has 1 amide bonds. The van der Waals surface area contributed by atoms with Crippen molar-refractivity contribution in [2.75, 3.05) is 18.9 Å². The summed E-state index contributed by atoms with van der Waals surface area (Å²) in [7, 11) is 1.67. The Hall–Kier alpha value is -2.83. The molecule has 122 valence electrons. The third-order valence-electron chi connectivity index (χ3n) is 3.06. The molecule has 7 nitrogen and oxygen atoms in total. The van der Waals surface area contributed by atoms with Crippen LogP contribution in [0.3, 0.4) is 0 Å². The maximum absolute atomic E-state index is 11.8. The molecule has 2 rings (SSSR count). The number of aromatic nitrogens is 1. The zero-order valence-electron chi connectivity index (χ0n) is 13.3. The Bertz CT molecular complexity index is 635. The molecule has 0 unspecified atom stereocenters. The zero-order chi connectivity index (χ0) is 16.5. The number of aryl methyl sites for hydroxylation is 1. The van der Waals surface area contributed by atoms with E-state index in [0.717, 1.165) is 11.3 Å². The van der Waals surface area contributed by atoms with Gasteiger partial charge in [0, 0.05) is 26.2 Å². The highest BCUT2D eigenvalue weighted by Gasteiger charge is 2.04. The summed E-state index contributed by atoms with van der Waals surface area (Å²) in [4.78, 5) is 20.1. The molecule has 0 saturated heterocycles. The van der Waals surface area contributed by atoms with E-state index in [1.165, 1.54) is 0 Å². The van der Waals surface area contributed by atoms with Crippen LogP contribution in [0.1, 0.15) is 17.7 Å². The molecule has 0 spiro atoms. The van der Waals surface area contributed by atoms with Crippen molar-refractivity contribution in [2.45, 2.75) is 19.9 Å². The molecule has 0 aliphatic heterocycles. The summed E-state index contributed by atoms with van der Waals surface area (Å²) in [6, 6.07) is 7.39. The summed E-state index contributed by atoms with van der Waals surface area (Å²) in [5.74, 6) is 1.88. The number of anilines is 1. The Morgan fingerprint density at radius 2 is 2.17 bits per heavy atom. The van der Waals surface area contributed by atoms with Crippen LogP contribution in [0.5, 0.6) is 0 Å². The van der Waals surface area contributed by atoms with Crippen molar-refractivity contribution < 1.29 is 9.21 Å². The van der Waals surface area contributed by atoms with Gasteiger partial charge in [-0.3, -0.25) is 9.79 Å². The number of rotatable bonds is 6. The minimum Gasteiger partial charge on any atom is -0.467 e. The number of hydrogen-bond acceptors (Lipinski definition) is 4. The van der Waals surface area contributed by atoms with E-state index in [1.54, 1.807) is 25.6 Å². The SMILES string of the molecule is CN=C(NCCC(=O)Nc1ccc(C)cn1)NCc1ccco1. The first-order valence-electron chi connectivity index (χ1n) is 7.37. The van der Waals surface area contributed by atoms with E-state index in [0.29, 0.717) is 31.3 Å². The Morgan fingerprint density at radius 1 is 1.30 bits per heavy atom. The van der Waals surface area contributed by atoms with Crippen LogP contribution in [0.4, 0.5) is 5.82 Å². The lowest BCUT2D eigenvalue weighted by molar-refractivity contribution is -0.116. The molecule has 0 aliphatic carbocycles. The van der Waals surface area contributed by atoms with Gasteiger partial charge in [0.2, 0.25) is 5.91 Å². The maximum Gasteiger partial charge on any atom is 0.227 e. The molecule has 2 heterocycles. The lowest BCUT2D eigenvalue weighted by Crippen LogP contribution is -2.38. The fraction of sp³-hybridized carbons (Fsp3) is 0.312. The largest absolute Gasteiger partial charge is 0.467 e. The number of nitrogens with one attached hydrogen (secondary N) is 3. The van der Waals surface area contributed by atoms with Crippen molar-refractivity contribution in [3.05, 3.63) is 48.0 Å². The van der Waals surface area contributed by atoms with Crippen LogP contribution < -0.4 is 16.0 Å². The monoisotopic (exact) mass is 315 g/mol. The molecular weight excluding hydrogens is 294 g/mol. The topological polar surface area (TPSA) is 91.5 Å². The standard InChI is InChI=1S/C16H21N5O2/c1-12-5-6-14(19-10-12)21-15(22)7-8-18-16(17-2)20-11-13-4-3-9-23-13/h3-6,9-10H,7-8,11H2,1-2H3,(H2,17,18,20)(H,19,21,22). The van der Waals surface area contributed by atoms with E-state index in [9.17, 15) is 4.79 Å². The van der Waals surface area contributed by atoms with Crippen LogP contribution in [0.15, 0.2) is 46.1 Å². The number of aliphatic imine (C=N–C) groups is 1. The minimum absolute atomic E-state index is 0.102. The zero-order valence-corrected chi connectivity index (χ0v) is 13.3. The highest BCUT2D eigenvalue weighted by molar-refractivity contribution is 5.90. The molecule has 0 radical (unpaired) electrons. The second-order valence-corrected chi connectivity index (χ2v) is 4.95. The number of amides is 1. The molecule has 0 atom stereocenters. The average Bonchev–Trinajstić information content (AvgIpc) is 3.06. The first-order chi connectivity index (χ1) is 11.2. The molecule has 2 aromatic rings. The predicted molar refractivity (Wildman–Crippen MR) is 89.1 cm³/mol. The van der Waals surface area contributed by atoms with Gasteiger partial charge < -0.3 is 20.4 Å². The Labute approximate surface area is 135 Å². The lowest BCUT2D eigenvalue weighted by Gasteiger charge is -2.11. The van der Waals surface area contributed by atoms with Crippen LogP contribution in [0, 0.1) is 6.92 Å². The summed E-state index contributed by atoms with van der Waals surface area (Å²) in [5.41, 5.74) is 1.05. The van der Waals surface area contributed by atoms with Gasteiger partial charge in [-0.2, -0.15) is 0 Å². The molecule has 0 aromatic carbocycles. The number of guanidine groups is 1. The molecule has 2 aromatic heterocycles. The number of carbonyl (C=O) groups is 1. The van der Waals surface area contributed by atoms with Crippen molar-refractivity contribution >= 4 is 17.7 Å². The number of carbonyl (C=O) groups excluding carboxylic acids is 1. The van der Waals surface area contributed by atoms with E-state index in [4.69, 9.17) is 4.42 Å². The van der Waals surface area contributed by atoms with Gasteiger partial charge >= 0.3 is 0 Å². The molecule has 0 aliphatic rings. The molecule has 0 saturated carbocycles. The second-order valence-electron chi connectivity index (χ2n) is 4.95. The van der Waals surface area contributed by atoms with Crippen LogP contribution in [0.2, 0.25) is 0 Å². The van der Waals surface area contributed by atoms with Crippen molar-refractivity contribution in [3.63, 3.8) is 0 Å². The number of furan rings is 1. The van der Waals surface area contributed by atoms with Gasteiger partial charge in [-0.25, -0.2) is 4.98 Å². The molecule has 7 heteroatoms. The summed E-state index contributed by atoms with van der Waals surface area (Å²) in [6.07, 6.45) is 3.65. The molecule has 3 N–H and O–H groups in total. The predicted octanol–water partition coefficient (Wildman–Crippen LogP) is 1.68. The van der Waals surface area contributed by atoms with Crippen molar-refractivity contribution in [3.8, 4) is 0 Å². The summed E-state index contributed by atoms with van der Waals surface area (Å²) in [6.45, 7) is 2.95. The van der Waals surface area contributed by atoms with E-state index in [-0.39, 0.29) is 5.91 Å². The van der Waals surface area contributed by atoms with Crippen LogP contribution in [-0.4, -0.2) is 30.4 Å². The minimum atomic E-state index is -0.102. The van der Waals surface area contributed by atoms with Crippen molar-refractivity contribution in [1.29, 1.82) is 0 Å². The number of pyridine rings is 1. The summed E-state index contributed by atoms with van der Waals surface area (Å²) >= 11 is 0. The van der Waals surface area contributed by atoms with E-state index >= 15 is 0 Å². The lowest BCUT2D eigenvalue weighted by atomic mass is 10.3. The highest BCUT2D eigenvalue weighted by Crippen LogP contribution is 2.04. The number of hydrogen-bond donors (Lipinski definition) is 3. The maximum atomic E-state index is 11.8. The fourth-order valence-corrected chi connectivity index (χ4v) is 1.85. The smallest absolute Gasteiger partial charge is 0.227 e. The Balaban J connectivity index is 1.68. The van der Waals surface area contributed by atoms with Gasteiger partial charge in [0.1, 0.15) is 11.6 Å². The first-order valence-corrected chi connectivity index (χ1v) is 7.37. The first kappa shape index (κ1) is 16.5. The van der Waals surface area contributed by atoms with Gasteiger partial charge in [0.05, 0.1) is 12.8 Å². The van der Waals surface area contributed by atoms with Crippen molar-refractivity contribution in [1.82, 2.24) is 15.6 Å². The van der Waals surface area contributed by atoms with Crippen LogP contribution >= 0.6 is 0 Å². The van der Waals surface area contributed by atoms with Crippen LogP contribution in [-0.2, 0) is 11.3 Å². The van der Waals surface area contributed by atoms with E-state index in [2.05, 4.69) is 25.9 Å². The Morgan fingerprint density at radius 3 is 2.83 bits per heavy atom. The van der Waals surface area contributed by atoms with Gasteiger partial charge in [-0.05, 0) is 30.7 Å². The van der Waals surface area contributed by atoms with Gasteiger partial charge in [-0.1, -0.05) is 6.07 Å². The summed E-state index contributed by atoms with van der Waals surface area (Å²) in [5, 5.41) is 8.93. The quantitative estimate of drug-likeness (QED) is 0.557. The molecular formula is C16H21N5O2. The normalized spacial score (nSPS) is 11.1. The van der Waals surface area contributed by atoms with Crippen LogP contribution in [0.25, 0.3) is 0 Å². The van der Waals surface area contributed by atoms with Gasteiger partial charge in [0.15, 0.2) is 5.96 Å². The highest BCUT2D eigenvalue weighted by atomic mass is 16.3. The van der Waals surface area contributed by atoms with Crippen molar-refractivity contribution in [2.24, 2.45) is 4.99 Å².